The molecule has 0 aliphatic carbocycles. The van der Waals surface area contributed by atoms with E-state index in [0.717, 1.165) is 59.8 Å². The molecule has 1 fully saturated rings. The van der Waals surface area contributed by atoms with Crippen LogP contribution in [0.3, 0.4) is 0 Å². The zero-order valence-corrected chi connectivity index (χ0v) is 22.9. The van der Waals surface area contributed by atoms with E-state index >= 15 is 0 Å². The van der Waals surface area contributed by atoms with Gasteiger partial charge in [-0.25, -0.2) is 18.3 Å². The summed E-state index contributed by atoms with van der Waals surface area (Å²) in [6.07, 6.45) is 2.77. The van der Waals surface area contributed by atoms with Gasteiger partial charge in [-0.05, 0) is 74.7 Å². The van der Waals surface area contributed by atoms with Gasteiger partial charge in [-0.1, -0.05) is 24.3 Å². The van der Waals surface area contributed by atoms with E-state index in [4.69, 9.17) is 10.5 Å². The van der Waals surface area contributed by atoms with Crippen LogP contribution in [-0.4, -0.2) is 59.0 Å². The molecule has 5 rings (SSSR count). The highest BCUT2D eigenvalue weighted by Crippen LogP contribution is 2.30. The van der Waals surface area contributed by atoms with Crippen LogP contribution in [0.5, 0.6) is 0 Å². The number of hydrogen-bond donors (Lipinski definition) is 2. The molecule has 1 aliphatic rings. The molecule has 0 spiro atoms. The van der Waals surface area contributed by atoms with Crippen molar-refractivity contribution in [1.29, 1.82) is 0 Å². The zero-order chi connectivity index (χ0) is 28.6. The molecule has 2 aromatic heterocycles. The molecule has 8 nitrogen and oxygen atoms in total. The molecule has 1 atom stereocenters. The maximum atomic E-state index is 13.1. The fourth-order valence-electron chi connectivity index (χ4n) is 4.69. The molecule has 210 valence electrons. The molecule has 1 aliphatic heterocycles. The first kappa shape index (κ1) is 28.8. The van der Waals surface area contributed by atoms with Crippen molar-refractivity contribution in [1.82, 2.24) is 19.7 Å². The Balaban J connectivity index is 0.000000194. The highest BCUT2D eigenvalue weighted by molar-refractivity contribution is 5.89. The second-order valence-corrected chi connectivity index (χ2v) is 9.70. The fraction of sp³-hybridized carbons (Fsp3) is 0.300. The largest absolute Gasteiger partial charge is 0.383 e. The van der Waals surface area contributed by atoms with Gasteiger partial charge in [0.05, 0.1) is 18.0 Å². The molecular weight excluding hydrogens is 514 g/mol. The summed E-state index contributed by atoms with van der Waals surface area (Å²) >= 11 is 0. The van der Waals surface area contributed by atoms with Crippen LogP contribution in [0.4, 0.5) is 19.4 Å². The van der Waals surface area contributed by atoms with Crippen LogP contribution >= 0.6 is 0 Å². The van der Waals surface area contributed by atoms with Gasteiger partial charge >= 0.3 is 6.03 Å². The molecule has 40 heavy (non-hydrogen) atoms. The second kappa shape index (κ2) is 13.3. The number of nitrogens with zero attached hydrogens (tertiary/aromatic N) is 4. The molecule has 10 heteroatoms. The van der Waals surface area contributed by atoms with Crippen LogP contribution in [0.2, 0.25) is 0 Å². The van der Waals surface area contributed by atoms with Crippen LogP contribution in [0.1, 0.15) is 29.2 Å². The number of carbonyl (C=O) groups excluding carboxylic acids is 1. The lowest BCUT2D eigenvalue weighted by molar-refractivity contribution is 0.160. The number of pyridine rings is 1. The lowest BCUT2D eigenvalue weighted by atomic mass is 9.98. The predicted octanol–water partition coefficient (Wildman–Crippen LogP) is 5.44. The summed E-state index contributed by atoms with van der Waals surface area (Å²) in [7, 11) is 1.68. The Bertz CT molecular complexity index is 1430. The van der Waals surface area contributed by atoms with Gasteiger partial charge in [-0.3, -0.25) is 10.3 Å². The number of anilines is 1. The molecule has 2 aromatic carbocycles. The quantitative estimate of drug-likeness (QED) is 0.320. The van der Waals surface area contributed by atoms with Crippen molar-refractivity contribution in [3.8, 4) is 16.9 Å². The van der Waals surface area contributed by atoms with Gasteiger partial charge < -0.3 is 15.4 Å². The molecule has 3 heterocycles. The number of nitrogens with two attached hydrogens (primary N) is 1. The summed E-state index contributed by atoms with van der Waals surface area (Å²) in [5, 5.41) is 7.30. The van der Waals surface area contributed by atoms with Crippen molar-refractivity contribution < 1.29 is 18.3 Å². The number of hydrogen-bond acceptors (Lipinski definition) is 5. The first-order chi connectivity index (χ1) is 19.3. The maximum Gasteiger partial charge on any atom is 0.317 e. The first-order valence-corrected chi connectivity index (χ1v) is 13.1. The standard InChI is InChI=1S/C17H17N5O.C13H17F2NO/c1-11-8-9-13(10-19-11)15-12(2)16(20-17(18)23)22(21-15)14-6-4-3-5-7-14;1-17-7-6-16-5-4-11(9-16)10-2-3-12(14)13(15)8-10/h3-10H,1-2H3,(H3,18,20,23);2-3,8,11H,4-7,9H2,1H3. The summed E-state index contributed by atoms with van der Waals surface area (Å²) < 4.78 is 32.7. The van der Waals surface area contributed by atoms with Crippen LogP contribution in [-0.2, 0) is 4.74 Å². The summed E-state index contributed by atoms with van der Waals surface area (Å²) in [4.78, 5) is 17.9. The van der Waals surface area contributed by atoms with Crippen LogP contribution in [0.15, 0.2) is 66.9 Å². The number of primary amides is 1. The van der Waals surface area contributed by atoms with Crippen molar-refractivity contribution >= 4 is 11.8 Å². The number of methoxy groups -OCH3 is 1. The predicted molar refractivity (Wildman–Crippen MR) is 152 cm³/mol. The Morgan fingerprint density at radius 3 is 2.52 bits per heavy atom. The highest BCUT2D eigenvalue weighted by atomic mass is 19.2. The van der Waals surface area contributed by atoms with Gasteiger partial charge in [-0.15, -0.1) is 0 Å². The number of ether oxygens (including phenoxy) is 1. The van der Waals surface area contributed by atoms with Crippen LogP contribution < -0.4 is 11.1 Å². The summed E-state index contributed by atoms with van der Waals surface area (Å²) in [6, 6.07) is 17.0. The molecule has 4 aromatic rings. The fourth-order valence-corrected chi connectivity index (χ4v) is 4.69. The summed E-state index contributed by atoms with van der Waals surface area (Å²) in [6.45, 7) is 7.33. The number of aryl methyl sites for hydroxylation is 1. The molecule has 3 N–H and O–H groups in total. The zero-order valence-electron chi connectivity index (χ0n) is 22.9. The number of nitrogens with one attached hydrogen (secondary N) is 1. The third-order valence-corrected chi connectivity index (χ3v) is 6.85. The van der Waals surface area contributed by atoms with Gasteiger partial charge in [-0.2, -0.15) is 5.10 Å². The Hall–Kier alpha value is -4.15. The van der Waals surface area contributed by atoms with Gasteiger partial charge in [0, 0.05) is 43.2 Å². The van der Waals surface area contributed by atoms with E-state index in [1.165, 1.54) is 12.1 Å². The normalized spacial score (nSPS) is 15.0. The molecule has 1 saturated heterocycles. The van der Waals surface area contributed by atoms with Crippen LogP contribution in [0, 0.1) is 25.5 Å². The van der Waals surface area contributed by atoms with E-state index < -0.39 is 17.7 Å². The number of urea groups is 1. The molecule has 0 bridgehead atoms. The van der Waals surface area contributed by atoms with Gasteiger partial charge in [0.1, 0.15) is 5.82 Å². The van der Waals surface area contributed by atoms with Gasteiger partial charge in [0.15, 0.2) is 11.6 Å². The molecular formula is C30H34F2N6O2. The average Bonchev–Trinajstić information content (AvgIpc) is 3.55. The number of aromatic nitrogens is 3. The lowest BCUT2D eigenvalue weighted by Gasteiger charge is -2.15. The maximum absolute atomic E-state index is 13.1. The van der Waals surface area contributed by atoms with E-state index in [2.05, 4.69) is 20.3 Å². The minimum Gasteiger partial charge on any atom is -0.383 e. The Labute approximate surface area is 232 Å². The lowest BCUT2D eigenvalue weighted by Crippen LogP contribution is -2.24. The minimum absolute atomic E-state index is 0.307. The topological polar surface area (TPSA) is 98.3 Å². The number of halogens is 2. The third kappa shape index (κ3) is 7.08. The van der Waals surface area contributed by atoms with Gasteiger partial charge in [0.25, 0.3) is 0 Å². The monoisotopic (exact) mass is 548 g/mol. The number of rotatable bonds is 7. The summed E-state index contributed by atoms with van der Waals surface area (Å²) in [5.41, 5.74) is 10.4. The Morgan fingerprint density at radius 1 is 1.10 bits per heavy atom. The molecule has 2 amide bonds. The minimum atomic E-state index is -0.775. The number of carbonyl (C=O) groups is 1. The number of benzene rings is 2. The molecule has 0 saturated carbocycles. The van der Waals surface area contributed by atoms with Crippen molar-refractivity contribution in [3.05, 3.63) is 95.3 Å². The van der Waals surface area contributed by atoms with Gasteiger partial charge in [0.2, 0.25) is 0 Å². The van der Waals surface area contributed by atoms with Crippen molar-refractivity contribution in [2.45, 2.75) is 26.2 Å². The second-order valence-electron chi connectivity index (χ2n) is 9.70. The summed E-state index contributed by atoms with van der Waals surface area (Å²) in [5.74, 6) is -0.665. The van der Waals surface area contributed by atoms with E-state index in [1.807, 2.05) is 56.3 Å². The van der Waals surface area contributed by atoms with E-state index in [-0.39, 0.29) is 0 Å². The van der Waals surface area contributed by atoms with Crippen LogP contribution in [0.25, 0.3) is 16.9 Å². The van der Waals surface area contributed by atoms with Crippen molar-refractivity contribution in [3.63, 3.8) is 0 Å². The van der Waals surface area contributed by atoms with Crippen molar-refractivity contribution in [2.24, 2.45) is 5.73 Å². The third-order valence-electron chi connectivity index (χ3n) is 6.85. The first-order valence-electron chi connectivity index (χ1n) is 13.1. The molecule has 0 radical (unpaired) electrons. The van der Waals surface area contributed by atoms with E-state index in [9.17, 15) is 13.6 Å². The van der Waals surface area contributed by atoms with Crippen molar-refractivity contribution in [2.75, 3.05) is 38.7 Å². The molecule has 1 unspecified atom stereocenters. The Morgan fingerprint density at radius 2 is 1.88 bits per heavy atom. The Kier molecular flexibility index (Phi) is 9.57. The number of para-hydroxylation sites is 1. The highest BCUT2D eigenvalue weighted by Gasteiger charge is 2.24. The van der Waals surface area contributed by atoms with E-state index in [1.54, 1.807) is 24.1 Å². The SMILES string of the molecule is COCCN1CCC(c2ccc(F)c(F)c2)C1.Cc1ccc(-c2nn(-c3ccccc3)c(NC(N)=O)c2C)cn1. The number of amides is 2. The number of likely N-dealkylation sites (tertiary alicyclic amines) is 1. The smallest absolute Gasteiger partial charge is 0.317 e. The van der Waals surface area contributed by atoms with E-state index in [0.29, 0.717) is 18.3 Å². The average molecular weight is 549 g/mol.